The summed E-state index contributed by atoms with van der Waals surface area (Å²) in [7, 11) is -2.59. The molecule has 0 saturated heterocycles. The summed E-state index contributed by atoms with van der Waals surface area (Å²) in [5.74, 6) is 0. The van der Waals surface area contributed by atoms with Crippen molar-refractivity contribution in [1.82, 2.24) is 0 Å². The van der Waals surface area contributed by atoms with Crippen LogP contribution in [0.5, 0.6) is 0 Å². The Morgan fingerprint density at radius 2 is 0.862 bits per heavy atom. The molecule has 0 amide bonds. The third-order valence-electron chi connectivity index (χ3n) is 5.19. The van der Waals surface area contributed by atoms with Gasteiger partial charge < -0.3 is 0 Å². The van der Waals surface area contributed by atoms with Crippen LogP contribution in [0.15, 0.2) is 103 Å². The molecule has 0 spiro atoms. The van der Waals surface area contributed by atoms with Crippen LogP contribution in [0.2, 0.25) is 0 Å². The average molecular weight is 553 g/mol. The van der Waals surface area contributed by atoms with Gasteiger partial charge in [0.1, 0.15) is 0 Å². The zero-order chi connectivity index (χ0) is 20.3. The van der Waals surface area contributed by atoms with Crippen molar-refractivity contribution in [3.63, 3.8) is 0 Å². The zero-order valence-electron chi connectivity index (χ0n) is 17.2. The van der Waals surface area contributed by atoms with Gasteiger partial charge >= 0.3 is 186 Å². The number of aryl methyl sites for hydroxylation is 3. The van der Waals surface area contributed by atoms with Crippen molar-refractivity contribution in [1.29, 1.82) is 0 Å². The minimum atomic E-state index is -2.59. The first-order valence-corrected chi connectivity index (χ1v) is 20.1. The van der Waals surface area contributed by atoms with Crippen LogP contribution in [0, 0.1) is 20.8 Å². The van der Waals surface area contributed by atoms with Gasteiger partial charge in [0.25, 0.3) is 0 Å². The topological polar surface area (TPSA) is 0 Å². The Morgan fingerprint density at radius 1 is 0.517 bits per heavy atom. The van der Waals surface area contributed by atoms with Crippen LogP contribution >= 0.6 is 0 Å². The van der Waals surface area contributed by atoms with Crippen LogP contribution in [0.3, 0.4) is 0 Å². The van der Waals surface area contributed by atoms with Crippen molar-refractivity contribution in [3.8, 4) is 0 Å². The second-order valence-corrected chi connectivity index (χ2v) is 25.6. The molecular formula is C27H26AsTe+. The normalized spacial score (nSPS) is 11.4. The summed E-state index contributed by atoms with van der Waals surface area (Å²) in [6.45, 7) is 6.83. The Labute approximate surface area is 185 Å². The SMILES string of the molecule is Cc1cc(C)c([Te][As+](c2ccccc2)(c2ccccc2)c2ccccc2)c(C)c1. The van der Waals surface area contributed by atoms with Crippen LogP contribution < -0.4 is 16.7 Å². The van der Waals surface area contributed by atoms with Crippen molar-refractivity contribution in [2.24, 2.45) is 0 Å². The van der Waals surface area contributed by atoms with Crippen LogP contribution in [-0.4, -0.2) is 28.7 Å². The molecule has 0 aliphatic carbocycles. The summed E-state index contributed by atoms with van der Waals surface area (Å²) in [6, 6.07) is 38.8. The van der Waals surface area contributed by atoms with E-state index in [0.29, 0.717) is 0 Å². The third-order valence-corrected chi connectivity index (χ3v) is 30.6. The average Bonchev–Trinajstić information content (AvgIpc) is 2.75. The van der Waals surface area contributed by atoms with E-state index in [-0.39, 0.29) is 0 Å². The molecule has 0 N–H and O–H groups in total. The Morgan fingerprint density at radius 3 is 1.21 bits per heavy atom. The molecule has 4 rings (SSSR count). The molecule has 144 valence electrons. The predicted molar refractivity (Wildman–Crippen MR) is 130 cm³/mol. The Balaban J connectivity index is 2.04. The molecule has 4 aromatic carbocycles. The van der Waals surface area contributed by atoms with Crippen LogP contribution in [0.4, 0.5) is 0 Å². The molecule has 0 nitrogen and oxygen atoms in total. The van der Waals surface area contributed by atoms with Gasteiger partial charge in [0, 0.05) is 0 Å². The summed E-state index contributed by atoms with van der Waals surface area (Å²) in [5.41, 5.74) is 4.31. The number of rotatable bonds is 5. The second-order valence-electron chi connectivity index (χ2n) is 7.44. The minimum absolute atomic E-state index is 0.492. The van der Waals surface area contributed by atoms with Gasteiger partial charge in [-0.25, -0.2) is 0 Å². The molecule has 0 bridgehead atoms. The summed E-state index contributed by atoms with van der Waals surface area (Å²) < 4.78 is 6.32. The van der Waals surface area contributed by atoms with E-state index < -0.39 is 28.7 Å². The van der Waals surface area contributed by atoms with E-state index in [4.69, 9.17) is 0 Å². The van der Waals surface area contributed by atoms with Crippen LogP contribution in [-0.2, 0) is 0 Å². The third kappa shape index (κ3) is 4.11. The van der Waals surface area contributed by atoms with Gasteiger partial charge in [0.2, 0.25) is 0 Å². The van der Waals surface area contributed by atoms with Crippen molar-refractivity contribution in [2.75, 3.05) is 0 Å². The maximum absolute atomic E-state index is 2.59. The number of hydrogen-bond acceptors (Lipinski definition) is 0. The van der Waals surface area contributed by atoms with E-state index in [9.17, 15) is 0 Å². The molecule has 0 atom stereocenters. The molecule has 29 heavy (non-hydrogen) atoms. The van der Waals surface area contributed by atoms with Gasteiger partial charge in [-0.3, -0.25) is 0 Å². The second kappa shape index (κ2) is 8.93. The summed E-state index contributed by atoms with van der Waals surface area (Å²) in [4.78, 5) is 0. The Bertz CT molecular complexity index is 970. The first-order chi connectivity index (χ1) is 14.1. The standard InChI is InChI=1S/C27H26AsTe/c1-21-19-22(2)27(23(3)20-21)29-28(24-13-7-4-8-14-24,25-15-9-5-10-16-25)26-17-11-6-12-18-26/h4-20H,1-3H3/q+1. The van der Waals surface area contributed by atoms with Gasteiger partial charge in [0.05, 0.1) is 0 Å². The van der Waals surface area contributed by atoms with Gasteiger partial charge in [-0.05, 0) is 0 Å². The fourth-order valence-corrected chi connectivity index (χ4v) is 30.2. The molecular weight excluding hydrogens is 527 g/mol. The molecule has 0 radical (unpaired) electrons. The summed E-state index contributed by atoms with van der Waals surface area (Å²) in [6.07, 6.45) is 0. The van der Waals surface area contributed by atoms with Crippen molar-refractivity contribution < 1.29 is 0 Å². The molecule has 0 aliphatic heterocycles. The van der Waals surface area contributed by atoms with E-state index in [2.05, 4.69) is 124 Å². The zero-order valence-corrected chi connectivity index (χ0v) is 21.4. The van der Waals surface area contributed by atoms with Gasteiger partial charge in [-0.2, -0.15) is 0 Å². The van der Waals surface area contributed by atoms with Gasteiger partial charge in [0.15, 0.2) is 0 Å². The monoisotopic (exact) mass is 555 g/mol. The molecule has 0 aliphatic rings. The quantitative estimate of drug-likeness (QED) is 0.332. The van der Waals surface area contributed by atoms with Gasteiger partial charge in [-0.1, -0.05) is 0 Å². The van der Waals surface area contributed by atoms with E-state index in [1.807, 2.05) is 0 Å². The van der Waals surface area contributed by atoms with Crippen LogP contribution in [0.1, 0.15) is 16.7 Å². The summed E-state index contributed by atoms with van der Waals surface area (Å²) >= 11 is -0.492. The fourth-order valence-electron chi connectivity index (χ4n) is 3.97. The first kappa shape index (κ1) is 20.5. The van der Waals surface area contributed by atoms with Crippen molar-refractivity contribution in [3.05, 3.63) is 120 Å². The Hall–Kier alpha value is -1.77. The molecule has 4 aromatic rings. The molecule has 0 unspecified atom stereocenters. The molecule has 0 aromatic heterocycles. The van der Waals surface area contributed by atoms with E-state index in [1.54, 1.807) is 16.7 Å². The van der Waals surface area contributed by atoms with Gasteiger partial charge in [-0.15, -0.1) is 0 Å². The van der Waals surface area contributed by atoms with E-state index in [0.717, 1.165) is 0 Å². The molecule has 0 heterocycles. The molecule has 0 saturated carbocycles. The predicted octanol–water partition coefficient (Wildman–Crippen LogP) is 3.61. The molecule has 2 heteroatoms. The number of benzene rings is 4. The van der Waals surface area contributed by atoms with Crippen molar-refractivity contribution in [2.45, 2.75) is 20.8 Å². The van der Waals surface area contributed by atoms with Crippen molar-refractivity contribution >= 4 is 45.4 Å². The maximum atomic E-state index is 2.39. The van der Waals surface area contributed by atoms with E-state index >= 15 is 0 Å². The first-order valence-electron chi connectivity index (χ1n) is 9.94. The molecule has 0 fully saturated rings. The van der Waals surface area contributed by atoms with Crippen LogP contribution in [0.25, 0.3) is 0 Å². The number of hydrogen-bond donors (Lipinski definition) is 0. The summed E-state index contributed by atoms with van der Waals surface area (Å²) in [5, 5.41) is 0. The Kier molecular flexibility index (Phi) is 6.31. The van der Waals surface area contributed by atoms with E-state index in [1.165, 1.54) is 16.7 Å². The fraction of sp³-hybridized carbons (Fsp3) is 0.111.